The van der Waals surface area contributed by atoms with Gasteiger partial charge in [-0.2, -0.15) is 0 Å². The Morgan fingerprint density at radius 2 is 2.06 bits per heavy atom. The molecule has 0 atom stereocenters. The zero-order valence-electron chi connectivity index (χ0n) is 10.7. The minimum absolute atomic E-state index is 0.831. The SMILES string of the molecule is Cc1cc(NCC2CCC(C)CC2)ncc1Br. The lowest BCUT2D eigenvalue weighted by molar-refractivity contribution is 0.300. The fraction of sp³-hybridized carbons (Fsp3) is 0.643. The van der Waals surface area contributed by atoms with E-state index in [0.717, 1.165) is 28.7 Å². The fourth-order valence-electron chi connectivity index (χ4n) is 2.42. The number of hydrogen-bond donors (Lipinski definition) is 1. The molecule has 1 fully saturated rings. The summed E-state index contributed by atoms with van der Waals surface area (Å²) in [5.74, 6) is 2.76. The second kappa shape index (κ2) is 5.85. The van der Waals surface area contributed by atoms with Gasteiger partial charge in [0.2, 0.25) is 0 Å². The van der Waals surface area contributed by atoms with Gasteiger partial charge in [-0.05, 0) is 59.2 Å². The quantitative estimate of drug-likeness (QED) is 0.895. The average Bonchev–Trinajstić information content (AvgIpc) is 2.33. The summed E-state index contributed by atoms with van der Waals surface area (Å²) in [6.45, 7) is 5.53. The Labute approximate surface area is 112 Å². The van der Waals surface area contributed by atoms with Crippen LogP contribution in [0.5, 0.6) is 0 Å². The molecule has 0 unspecified atom stereocenters. The number of pyridine rings is 1. The van der Waals surface area contributed by atoms with E-state index in [1.807, 2.05) is 6.20 Å². The van der Waals surface area contributed by atoms with Gasteiger partial charge in [-0.15, -0.1) is 0 Å². The predicted molar refractivity (Wildman–Crippen MR) is 76.3 cm³/mol. The van der Waals surface area contributed by atoms with Crippen LogP contribution in [0.4, 0.5) is 5.82 Å². The number of hydrogen-bond acceptors (Lipinski definition) is 2. The largest absolute Gasteiger partial charge is 0.370 e. The summed E-state index contributed by atoms with van der Waals surface area (Å²) in [4.78, 5) is 4.38. The van der Waals surface area contributed by atoms with Gasteiger partial charge in [0, 0.05) is 17.2 Å². The molecular weight excluding hydrogens is 276 g/mol. The zero-order chi connectivity index (χ0) is 12.3. The number of nitrogens with zero attached hydrogens (tertiary/aromatic N) is 1. The van der Waals surface area contributed by atoms with Gasteiger partial charge in [0.05, 0.1) is 0 Å². The van der Waals surface area contributed by atoms with Crippen molar-refractivity contribution in [1.82, 2.24) is 4.98 Å². The standard InChI is InChI=1S/C14H21BrN2/c1-10-3-5-12(6-4-10)8-16-14-7-11(2)13(15)9-17-14/h7,9-10,12H,3-6,8H2,1-2H3,(H,16,17). The third-order valence-corrected chi connectivity index (χ3v) is 4.58. The highest BCUT2D eigenvalue weighted by molar-refractivity contribution is 9.10. The van der Waals surface area contributed by atoms with Crippen LogP contribution in [-0.4, -0.2) is 11.5 Å². The molecule has 0 aliphatic heterocycles. The van der Waals surface area contributed by atoms with Gasteiger partial charge in [-0.25, -0.2) is 4.98 Å². The molecule has 0 spiro atoms. The monoisotopic (exact) mass is 296 g/mol. The first-order valence-electron chi connectivity index (χ1n) is 6.51. The van der Waals surface area contributed by atoms with E-state index >= 15 is 0 Å². The van der Waals surface area contributed by atoms with Crippen LogP contribution in [0.15, 0.2) is 16.7 Å². The molecule has 0 bridgehead atoms. The smallest absolute Gasteiger partial charge is 0.126 e. The first kappa shape index (κ1) is 12.9. The van der Waals surface area contributed by atoms with E-state index in [2.05, 4.69) is 46.1 Å². The minimum atomic E-state index is 0.831. The molecular formula is C14H21BrN2. The second-order valence-electron chi connectivity index (χ2n) is 5.33. The van der Waals surface area contributed by atoms with Crippen molar-refractivity contribution in [1.29, 1.82) is 0 Å². The van der Waals surface area contributed by atoms with Crippen molar-refractivity contribution in [3.8, 4) is 0 Å². The molecule has 0 aromatic carbocycles. The van der Waals surface area contributed by atoms with Crippen LogP contribution in [0, 0.1) is 18.8 Å². The van der Waals surface area contributed by atoms with Crippen LogP contribution in [0.3, 0.4) is 0 Å². The van der Waals surface area contributed by atoms with Crippen LogP contribution in [0.25, 0.3) is 0 Å². The van der Waals surface area contributed by atoms with Gasteiger partial charge in [0.1, 0.15) is 5.82 Å². The first-order valence-corrected chi connectivity index (χ1v) is 7.30. The van der Waals surface area contributed by atoms with E-state index in [1.54, 1.807) is 0 Å². The lowest BCUT2D eigenvalue weighted by Crippen LogP contribution is -2.20. The van der Waals surface area contributed by atoms with E-state index in [4.69, 9.17) is 0 Å². The molecule has 1 saturated carbocycles. The molecule has 1 aromatic heterocycles. The maximum atomic E-state index is 4.38. The van der Waals surface area contributed by atoms with Gasteiger partial charge < -0.3 is 5.32 Å². The van der Waals surface area contributed by atoms with Gasteiger partial charge >= 0.3 is 0 Å². The highest BCUT2D eigenvalue weighted by Gasteiger charge is 2.17. The maximum Gasteiger partial charge on any atom is 0.126 e. The van der Waals surface area contributed by atoms with Crippen molar-refractivity contribution in [3.63, 3.8) is 0 Å². The molecule has 1 heterocycles. The normalized spacial score (nSPS) is 24.6. The van der Waals surface area contributed by atoms with Crippen molar-refractivity contribution in [2.75, 3.05) is 11.9 Å². The van der Waals surface area contributed by atoms with Crippen LogP contribution >= 0.6 is 15.9 Å². The Kier molecular flexibility index (Phi) is 4.43. The molecule has 94 valence electrons. The molecule has 1 aromatic rings. The van der Waals surface area contributed by atoms with Crippen molar-refractivity contribution in [3.05, 3.63) is 22.3 Å². The molecule has 17 heavy (non-hydrogen) atoms. The second-order valence-corrected chi connectivity index (χ2v) is 6.18. The van der Waals surface area contributed by atoms with E-state index in [-0.39, 0.29) is 0 Å². The lowest BCUT2D eigenvalue weighted by Gasteiger charge is -2.26. The number of rotatable bonds is 3. The Morgan fingerprint density at radius 1 is 1.35 bits per heavy atom. The van der Waals surface area contributed by atoms with E-state index in [9.17, 15) is 0 Å². The average molecular weight is 297 g/mol. The summed E-state index contributed by atoms with van der Waals surface area (Å²) in [7, 11) is 0. The van der Waals surface area contributed by atoms with Crippen LogP contribution in [0.1, 0.15) is 38.2 Å². The molecule has 2 rings (SSSR count). The molecule has 1 aliphatic carbocycles. The van der Waals surface area contributed by atoms with Crippen molar-refractivity contribution in [2.24, 2.45) is 11.8 Å². The van der Waals surface area contributed by atoms with Crippen LogP contribution in [0.2, 0.25) is 0 Å². The number of nitrogens with one attached hydrogen (secondary N) is 1. The Hall–Kier alpha value is -0.570. The third kappa shape index (κ3) is 3.70. The summed E-state index contributed by atoms with van der Waals surface area (Å²) in [5.41, 5.74) is 1.24. The Balaban J connectivity index is 1.83. The Morgan fingerprint density at radius 3 is 2.71 bits per heavy atom. The first-order chi connectivity index (χ1) is 8.15. The van der Waals surface area contributed by atoms with Crippen LogP contribution < -0.4 is 5.32 Å². The van der Waals surface area contributed by atoms with Gasteiger partial charge in [0.15, 0.2) is 0 Å². The number of anilines is 1. The molecule has 2 nitrogen and oxygen atoms in total. The Bertz CT molecular complexity index is 370. The zero-order valence-corrected chi connectivity index (χ0v) is 12.3. The van der Waals surface area contributed by atoms with Gasteiger partial charge in [-0.3, -0.25) is 0 Å². The molecule has 0 saturated heterocycles. The summed E-state index contributed by atoms with van der Waals surface area (Å²) in [6.07, 6.45) is 7.38. The summed E-state index contributed by atoms with van der Waals surface area (Å²) in [5, 5.41) is 3.47. The topological polar surface area (TPSA) is 24.9 Å². The highest BCUT2D eigenvalue weighted by Crippen LogP contribution is 2.28. The van der Waals surface area contributed by atoms with Crippen molar-refractivity contribution >= 4 is 21.7 Å². The summed E-state index contributed by atoms with van der Waals surface area (Å²) >= 11 is 3.47. The maximum absolute atomic E-state index is 4.38. The predicted octanol–water partition coefficient (Wildman–Crippen LogP) is 4.39. The summed E-state index contributed by atoms with van der Waals surface area (Å²) < 4.78 is 1.08. The number of halogens is 1. The number of aryl methyl sites for hydroxylation is 1. The van der Waals surface area contributed by atoms with E-state index in [1.165, 1.54) is 31.2 Å². The molecule has 1 N–H and O–H groups in total. The van der Waals surface area contributed by atoms with Crippen molar-refractivity contribution < 1.29 is 0 Å². The fourth-order valence-corrected chi connectivity index (χ4v) is 2.63. The molecule has 0 radical (unpaired) electrons. The van der Waals surface area contributed by atoms with E-state index < -0.39 is 0 Å². The third-order valence-electron chi connectivity index (χ3n) is 3.75. The van der Waals surface area contributed by atoms with Gasteiger partial charge in [0.25, 0.3) is 0 Å². The van der Waals surface area contributed by atoms with E-state index in [0.29, 0.717) is 0 Å². The summed E-state index contributed by atoms with van der Waals surface area (Å²) in [6, 6.07) is 2.11. The lowest BCUT2D eigenvalue weighted by atomic mass is 9.83. The molecule has 1 aliphatic rings. The molecule has 0 amide bonds. The highest BCUT2D eigenvalue weighted by atomic mass is 79.9. The van der Waals surface area contributed by atoms with Gasteiger partial charge in [-0.1, -0.05) is 19.8 Å². The number of aromatic nitrogens is 1. The minimum Gasteiger partial charge on any atom is -0.370 e. The molecule has 3 heteroatoms. The van der Waals surface area contributed by atoms with Crippen molar-refractivity contribution in [2.45, 2.75) is 39.5 Å². The van der Waals surface area contributed by atoms with Crippen LogP contribution in [-0.2, 0) is 0 Å².